The molecule has 0 unspecified atom stereocenters. The third-order valence-corrected chi connectivity index (χ3v) is 6.24. The first-order valence-corrected chi connectivity index (χ1v) is 12.2. The Morgan fingerprint density at radius 2 is 1.81 bits per heavy atom. The molecule has 36 heavy (non-hydrogen) atoms. The average Bonchev–Trinajstić information content (AvgIpc) is 2.86. The molecule has 0 radical (unpaired) electrons. The first-order chi connectivity index (χ1) is 17.3. The number of carbonyl (C=O) groups is 2. The summed E-state index contributed by atoms with van der Waals surface area (Å²) in [7, 11) is 1.31. The van der Waals surface area contributed by atoms with Crippen molar-refractivity contribution in [2.75, 3.05) is 24.8 Å². The van der Waals surface area contributed by atoms with E-state index in [1.54, 1.807) is 18.2 Å². The van der Waals surface area contributed by atoms with Crippen molar-refractivity contribution in [3.05, 3.63) is 76.0 Å². The summed E-state index contributed by atoms with van der Waals surface area (Å²) in [5.74, 6) is -0.619. The molecule has 190 valence electrons. The zero-order chi connectivity index (χ0) is 26.1. The van der Waals surface area contributed by atoms with Gasteiger partial charge in [0, 0.05) is 28.6 Å². The van der Waals surface area contributed by atoms with E-state index in [0.717, 1.165) is 4.90 Å². The second kappa shape index (κ2) is 13.3. The molecule has 1 aromatic heterocycles. The lowest BCUT2D eigenvalue weighted by molar-refractivity contribution is -0.0514. The van der Waals surface area contributed by atoms with Crippen molar-refractivity contribution in [1.82, 2.24) is 4.98 Å². The van der Waals surface area contributed by atoms with Gasteiger partial charge in [-0.15, -0.1) is 11.8 Å². The molecule has 0 saturated carbocycles. The van der Waals surface area contributed by atoms with Crippen LogP contribution in [0, 0.1) is 0 Å². The van der Waals surface area contributed by atoms with Crippen LogP contribution in [-0.4, -0.2) is 42.9 Å². The van der Waals surface area contributed by atoms with E-state index in [0.29, 0.717) is 17.7 Å². The molecule has 1 amide bonds. The number of rotatable bonds is 11. The van der Waals surface area contributed by atoms with Gasteiger partial charge in [-0.3, -0.25) is 9.78 Å². The third-order valence-electron chi connectivity index (χ3n) is 4.58. The second-order valence-electron chi connectivity index (χ2n) is 7.04. The zero-order valence-electron chi connectivity index (χ0n) is 18.8. The Morgan fingerprint density at radius 1 is 1.06 bits per heavy atom. The van der Waals surface area contributed by atoms with Crippen molar-refractivity contribution in [3.8, 4) is 11.5 Å². The highest BCUT2D eigenvalue weighted by atomic mass is 35.5. The maximum absolute atomic E-state index is 12.9. The first kappa shape index (κ1) is 27.5. The molecule has 0 aliphatic heterocycles. The van der Waals surface area contributed by atoms with E-state index in [2.05, 4.69) is 15.0 Å². The Morgan fingerprint density at radius 3 is 2.50 bits per heavy atom. The lowest BCUT2D eigenvalue weighted by Crippen LogP contribution is -2.14. The Balaban J connectivity index is 1.63. The largest absolute Gasteiger partial charge is 0.490 e. The van der Waals surface area contributed by atoms with Gasteiger partial charge in [-0.05, 0) is 42.8 Å². The number of anilines is 1. The van der Waals surface area contributed by atoms with Gasteiger partial charge in [0.2, 0.25) is 0 Å². The molecule has 1 heterocycles. The molecule has 3 rings (SSSR count). The van der Waals surface area contributed by atoms with E-state index in [1.807, 2.05) is 6.07 Å². The molecule has 3 aromatic rings. The molecule has 0 saturated heterocycles. The van der Waals surface area contributed by atoms with Crippen LogP contribution in [0.1, 0.15) is 27.1 Å². The van der Waals surface area contributed by atoms with E-state index in [1.165, 1.54) is 49.5 Å². The molecule has 7 nitrogen and oxygen atoms in total. The van der Waals surface area contributed by atoms with Crippen LogP contribution in [-0.2, 0) is 4.74 Å². The molecular weight excluding hydrogens is 537 g/mol. The van der Waals surface area contributed by atoms with Crippen LogP contribution in [0.2, 0.25) is 10.0 Å². The fraction of sp³-hybridized carbons (Fsp3) is 0.208. The van der Waals surface area contributed by atoms with Gasteiger partial charge in [0.05, 0.1) is 35.0 Å². The molecular formula is C24H20Cl2F2N2O5S. The molecule has 0 spiro atoms. The van der Waals surface area contributed by atoms with Crippen LogP contribution < -0.4 is 14.8 Å². The minimum absolute atomic E-state index is 0.0208. The number of hydrogen-bond donors (Lipinski definition) is 1. The summed E-state index contributed by atoms with van der Waals surface area (Å²) < 4.78 is 40.6. The van der Waals surface area contributed by atoms with Crippen LogP contribution in [0.4, 0.5) is 14.5 Å². The number of thioether (sulfide) groups is 1. The van der Waals surface area contributed by atoms with Crippen molar-refractivity contribution in [2.24, 2.45) is 0 Å². The van der Waals surface area contributed by atoms with Gasteiger partial charge in [-0.1, -0.05) is 29.3 Å². The summed E-state index contributed by atoms with van der Waals surface area (Å²) in [6.07, 6.45) is 3.18. The maximum Gasteiger partial charge on any atom is 0.387 e. The number of hydrogen-bond acceptors (Lipinski definition) is 7. The fourth-order valence-corrected chi connectivity index (χ4v) is 4.28. The van der Waals surface area contributed by atoms with Crippen LogP contribution in [0.5, 0.6) is 11.5 Å². The molecule has 12 heteroatoms. The van der Waals surface area contributed by atoms with Crippen molar-refractivity contribution in [2.45, 2.75) is 17.9 Å². The van der Waals surface area contributed by atoms with Crippen LogP contribution in [0.15, 0.2) is 59.8 Å². The van der Waals surface area contributed by atoms with Gasteiger partial charge >= 0.3 is 12.6 Å². The highest BCUT2D eigenvalue weighted by molar-refractivity contribution is 7.99. The molecule has 1 N–H and O–H groups in total. The smallest absolute Gasteiger partial charge is 0.387 e. The molecule has 0 fully saturated rings. The van der Waals surface area contributed by atoms with Crippen molar-refractivity contribution in [1.29, 1.82) is 0 Å². The van der Waals surface area contributed by atoms with Crippen molar-refractivity contribution < 1.29 is 32.6 Å². The number of nitrogens with one attached hydrogen (secondary N) is 1. The average molecular weight is 557 g/mol. The van der Waals surface area contributed by atoms with Crippen molar-refractivity contribution in [3.63, 3.8) is 0 Å². The number of alkyl halides is 2. The van der Waals surface area contributed by atoms with E-state index in [4.69, 9.17) is 32.7 Å². The summed E-state index contributed by atoms with van der Waals surface area (Å²) in [5, 5.41) is 2.85. The Bertz CT molecular complexity index is 1210. The second-order valence-corrected chi connectivity index (χ2v) is 9.02. The van der Waals surface area contributed by atoms with Gasteiger partial charge in [0.1, 0.15) is 0 Å². The molecule has 0 bridgehead atoms. The minimum Gasteiger partial charge on any atom is -0.490 e. The highest BCUT2D eigenvalue weighted by Gasteiger charge is 2.17. The number of nitrogens with zero attached hydrogens (tertiary/aromatic N) is 1. The standard InChI is InChI=1S/C24H20Cl2F2N2O5S/c1-33-23(32)15-4-2-5-16(10-15)36-9-3-8-34-20-11-14(6-7-19(20)35-24(27)28)22(31)30-21-17(25)12-29-13-18(21)26/h2,4-7,10-13,24H,3,8-9H2,1H3,(H,29,30,31). The molecule has 2 aromatic carbocycles. The van der Waals surface area contributed by atoms with Crippen LogP contribution >= 0.6 is 35.0 Å². The fourth-order valence-electron chi connectivity index (χ4n) is 2.93. The molecule has 0 aliphatic carbocycles. The first-order valence-electron chi connectivity index (χ1n) is 10.4. The number of aromatic nitrogens is 1. The maximum atomic E-state index is 12.9. The van der Waals surface area contributed by atoms with Gasteiger partial charge < -0.3 is 19.5 Å². The van der Waals surface area contributed by atoms with E-state index < -0.39 is 18.5 Å². The van der Waals surface area contributed by atoms with E-state index in [-0.39, 0.29) is 39.4 Å². The van der Waals surface area contributed by atoms with Crippen LogP contribution in [0.3, 0.4) is 0 Å². The quantitative estimate of drug-likeness (QED) is 0.162. The lowest BCUT2D eigenvalue weighted by Gasteiger charge is -2.14. The Labute approximate surface area is 220 Å². The molecule has 0 aliphatic rings. The summed E-state index contributed by atoms with van der Waals surface area (Å²) in [5.41, 5.74) is 0.725. The molecule has 0 atom stereocenters. The number of methoxy groups -OCH3 is 1. The lowest BCUT2D eigenvalue weighted by atomic mass is 10.2. The van der Waals surface area contributed by atoms with Crippen molar-refractivity contribution >= 4 is 52.5 Å². The SMILES string of the molecule is COC(=O)c1cccc(SCCCOc2cc(C(=O)Nc3c(Cl)cncc3Cl)ccc2OC(F)F)c1. The minimum atomic E-state index is -3.07. The summed E-state index contributed by atoms with van der Waals surface area (Å²) >= 11 is 13.6. The predicted octanol–water partition coefficient (Wildman–Crippen LogP) is 6.59. The van der Waals surface area contributed by atoms with E-state index >= 15 is 0 Å². The number of ether oxygens (including phenoxy) is 3. The number of amides is 1. The summed E-state index contributed by atoms with van der Waals surface area (Å²) in [4.78, 5) is 29.0. The number of halogens is 4. The summed E-state index contributed by atoms with van der Waals surface area (Å²) in [6, 6.07) is 10.8. The number of benzene rings is 2. The highest BCUT2D eigenvalue weighted by Crippen LogP contribution is 2.32. The third kappa shape index (κ3) is 7.71. The monoisotopic (exact) mass is 556 g/mol. The van der Waals surface area contributed by atoms with Gasteiger partial charge in [-0.2, -0.15) is 8.78 Å². The Hall–Kier alpha value is -3.08. The topological polar surface area (TPSA) is 86.8 Å². The van der Waals surface area contributed by atoms with E-state index in [9.17, 15) is 18.4 Å². The number of esters is 1. The summed E-state index contributed by atoms with van der Waals surface area (Å²) in [6.45, 7) is -2.91. The number of pyridine rings is 1. The van der Waals surface area contributed by atoms with Crippen LogP contribution in [0.25, 0.3) is 0 Å². The zero-order valence-corrected chi connectivity index (χ0v) is 21.1. The predicted molar refractivity (Wildman–Crippen MR) is 134 cm³/mol. The number of carbonyl (C=O) groups excluding carboxylic acids is 2. The normalized spacial score (nSPS) is 10.7. The van der Waals surface area contributed by atoms with Gasteiger partial charge in [0.15, 0.2) is 11.5 Å². The van der Waals surface area contributed by atoms with Gasteiger partial charge in [-0.25, -0.2) is 4.79 Å². The Kier molecular flexibility index (Phi) is 10.2. The van der Waals surface area contributed by atoms with Gasteiger partial charge in [0.25, 0.3) is 5.91 Å².